The van der Waals surface area contributed by atoms with Crippen LogP contribution in [0.2, 0.25) is 0 Å². The maximum Gasteiger partial charge on any atom is 0.193 e. The van der Waals surface area contributed by atoms with Crippen molar-refractivity contribution in [2.75, 3.05) is 26.7 Å². The predicted octanol–water partition coefficient (Wildman–Crippen LogP) is 2.93. The summed E-state index contributed by atoms with van der Waals surface area (Å²) in [6.07, 6.45) is 5.97. The monoisotopic (exact) mass is 407 g/mol. The molecule has 1 fully saturated rings. The van der Waals surface area contributed by atoms with Crippen LogP contribution in [0.4, 0.5) is 4.39 Å². The Bertz CT molecular complexity index is 758. The third-order valence-corrected chi connectivity index (χ3v) is 5.18. The highest BCUT2D eigenvalue weighted by atomic mass is 79.9. The van der Waals surface area contributed by atoms with Crippen molar-refractivity contribution in [2.24, 2.45) is 12.0 Å². The molecule has 2 aromatic rings. The SMILES string of the molecule is CN=C(NCCc1ccc(F)c(Br)c1)N1CCC(c2cnn(C)c2)C1. The highest BCUT2D eigenvalue weighted by molar-refractivity contribution is 9.10. The number of nitrogens with zero attached hydrogens (tertiary/aromatic N) is 4. The molecule has 0 radical (unpaired) electrons. The lowest BCUT2D eigenvalue weighted by molar-refractivity contribution is 0.486. The Morgan fingerprint density at radius 1 is 1.48 bits per heavy atom. The van der Waals surface area contributed by atoms with Crippen LogP contribution in [-0.4, -0.2) is 47.3 Å². The number of hydrogen-bond donors (Lipinski definition) is 1. The molecule has 3 rings (SSSR count). The Labute approximate surface area is 156 Å². The summed E-state index contributed by atoms with van der Waals surface area (Å²) >= 11 is 3.23. The van der Waals surface area contributed by atoms with E-state index in [0.717, 1.165) is 44.0 Å². The molecule has 0 spiro atoms. The summed E-state index contributed by atoms with van der Waals surface area (Å²) in [7, 11) is 3.76. The van der Waals surface area contributed by atoms with Crippen LogP contribution in [0.5, 0.6) is 0 Å². The second-order valence-corrected chi connectivity index (χ2v) is 7.21. The normalized spacial score (nSPS) is 18.0. The number of aliphatic imine (C=N–C) groups is 1. The minimum absolute atomic E-state index is 0.231. The quantitative estimate of drug-likeness (QED) is 0.625. The molecule has 1 aromatic carbocycles. The van der Waals surface area contributed by atoms with Crippen molar-refractivity contribution in [3.05, 3.63) is 52.0 Å². The Hall–Kier alpha value is -1.89. The van der Waals surface area contributed by atoms with Crippen molar-refractivity contribution in [1.82, 2.24) is 20.0 Å². The first-order valence-corrected chi connectivity index (χ1v) is 9.24. The minimum Gasteiger partial charge on any atom is -0.356 e. The maximum atomic E-state index is 13.3. The smallest absolute Gasteiger partial charge is 0.193 e. The van der Waals surface area contributed by atoms with Gasteiger partial charge in [0, 0.05) is 45.8 Å². The summed E-state index contributed by atoms with van der Waals surface area (Å²) in [5, 5.41) is 7.69. The number of rotatable bonds is 4. The first-order chi connectivity index (χ1) is 12.1. The van der Waals surface area contributed by atoms with Gasteiger partial charge in [0.1, 0.15) is 5.82 Å². The Morgan fingerprint density at radius 2 is 2.32 bits per heavy atom. The van der Waals surface area contributed by atoms with Gasteiger partial charge in [0.15, 0.2) is 5.96 Å². The van der Waals surface area contributed by atoms with Crippen LogP contribution in [0.25, 0.3) is 0 Å². The summed E-state index contributed by atoms with van der Waals surface area (Å²) in [6, 6.07) is 5.14. The molecule has 1 saturated heterocycles. The van der Waals surface area contributed by atoms with Gasteiger partial charge in [0.2, 0.25) is 0 Å². The molecule has 25 heavy (non-hydrogen) atoms. The standard InChI is InChI=1S/C18H23BrFN5/c1-21-18(22-7-5-13-3-4-17(20)16(19)9-13)25-8-6-14(12-25)15-10-23-24(2)11-15/h3-4,9-11,14H,5-8,12H2,1-2H3,(H,21,22). The van der Waals surface area contributed by atoms with Gasteiger partial charge in [0.25, 0.3) is 0 Å². The van der Waals surface area contributed by atoms with Gasteiger partial charge in [-0.1, -0.05) is 6.07 Å². The molecule has 1 aliphatic heterocycles. The fraction of sp³-hybridized carbons (Fsp3) is 0.444. The van der Waals surface area contributed by atoms with Crippen LogP contribution < -0.4 is 5.32 Å². The second kappa shape index (κ2) is 7.99. The molecule has 1 aliphatic rings. The van der Waals surface area contributed by atoms with Crippen LogP contribution in [0.3, 0.4) is 0 Å². The average molecular weight is 408 g/mol. The number of nitrogens with one attached hydrogen (secondary N) is 1. The molecule has 0 amide bonds. The molecule has 2 heterocycles. The lowest BCUT2D eigenvalue weighted by Crippen LogP contribution is -2.40. The molecule has 1 atom stereocenters. The van der Waals surface area contributed by atoms with Crippen LogP contribution >= 0.6 is 15.9 Å². The number of halogens is 2. The van der Waals surface area contributed by atoms with E-state index in [-0.39, 0.29) is 5.82 Å². The summed E-state index contributed by atoms with van der Waals surface area (Å²) < 4.78 is 15.7. The molecule has 1 N–H and O–H groups in total. The van der Waals surface area contributed by atoms with Gasteiger partial charge in [-0.05, 0) is 52.0 Å². The van der Waals surface area contributed by atoms with Crippen molar-refractivity contribution >= 4 is 21.9 Å². The van der Waals surface area contributed by atoms with Crippen LogP contribution in [0.15, 0.2) is 40.1 Å². The predicted molar refractivity (Wildman–Crippen MR) is 101 cm³/mol. The van der Waals surface area contributed by atoms with Crippen molar-refractivity contribution < 1.29 is 4.39 Å². The summed E-state index contributed by atoms with van der Waals surface area (Å²) in [6.45, 7) is 2.70. The van der Waals surface area contributed by atoms with Gasteiger partial charge in [-0.15, -0.1) is 0 Å². The second-order valence-electron chi connectivity index (χ2n) is 6.35. The number of aryl methyl sites for hydroxylation is 1. The van der Waals surface area contributed by atoms with Crippen molar-refractivity contribution in [2.45, 2.75) is 18.8 Å². The molecule has 0 bridgehead atoms. The van der Waals surface area contributed by atoms with E-state index in [1.54, 1.807) is 0 Å². The van der Waals surface area contributed by atoms with Gasteiger partial charge < -0.3 is 10.2 Å². The summed E-state index contributed by atoms with van der Waals surface area (Å²) in [4.78, 5) is 6.70. The molecule has 1 unspecified atom stereocenters. The summed E-state index contributed by atoms with van der Waals surface area (Å²) in [5.41, 5.74) is 2.38. The number of aromatic nitrogens is 2. The molecule has 0 saturated carbocycles. The zero-order valence-corrected chi connectivity index (χ0v) is 16.1. The van der Waals surface area contributed by atoms with Crippen LogP contribution in [-0.2, 0) is 13.5 Å². The molecule has 7 heteroatoms. The van der Waals surface area contributed by atoms with Crippen molar-refractivity contribution in [1.29, 1.82) is 0 Å². The topological polar surface area (TPSA) is 45.5 Å². The zero-order valence-electron chi connectivity index (χ0n) is 14.5. The van der Waals surface area contributed by atoms with Gasteiger partial charge in [-0.3, -0.25) is 9.67 Å². The first kappa shape index (κ1) is 17.9. The number of guanidine groups is 1. The number of hydrogen-bond acceptors (Lipinski definition) is 2. The minimum atomic E-state index is -0.231. The van der Waals surface area contributed by atoms with Crippen LogP contribution in [0, 0.1) is 5.82 Å². The van der Waals surface area contributed by atoms with E-state index in [2.05, 4.69) is 42.4 Å². The molecular formula is C18H23BrFN5. The van der Waals surface area contributed by atoms with Crippen molar-refractivity contribution in [3.63, 3.8) is 0 Å². The van der Waals surface area contributed by atoms with Gasteiger partial charge in [-0.2, -0.15) is 5.10 Å². The zero-order chi connectivity index (χ0) is 17.8. The van der Waals surface area contributed by atoms with E-state index in [4.69, 9.17) is 0 Å². The first-order valence-electron chi connectivity index (χ1n) is 8.45. The number of likely N-dealkylation sites (tertiary alicyclic amines) is 1. The third kappa shape index (κ3) is 4.39. The average Bonchev–Trinajstić information content (AvgIpc) is 3.24. The van der Waals surface area contributed by atoms with E-state index in [1.165, 1.54) is 11.6 Å². The van der Waals surface area contributed by atoms with Crippen molar-refractivity contribution in [3.8, 4) is 0 Å². The molecule has 0 aliphatic carbocycles. The van der Waals surface area contributed by atoms with E-state index in [0.29, 0.717) is 10.4 Å². The highest BCUT2D eigenvalue weighted by Gasteiger charge is 2.26. The van der Waals surface area contributed by atoms with E-state index < -0.39 is 0 Å². The fourth-order valence-corrected chi connectivity index (χ4v) is 3.65. The van der Waals surface area contributed by atoms with Gasteiger partial charge in [0.05, 0.1) is 10.7 Å². The molecular weight excluding hydrogens is 385 g/mol. The fourth-order valence-electron chi connectivity index (χ4n) is 3.22. The highest BCUT2D eigenvalue weighted by Crippen LogP contribution is 2.26. The van der Waals surface area contributed by atoms with Crippen LogP contribution in [0.1, 0.15) is 23.5 Å². The Morgan fingerprint density at radius 3 is 3.00 bits per heavy atom. The Balaban J connectivity index is 1.52. The van der Waals surface area contributed by atoms with E-state index in [1.807, 2.05) is 37.1 Å². The third-order valence-electron chi connectivity index (χ3n) is 4.58. The van der Waals surface area contributed by atoms with Gasteiger partial charge in [-0.25, -0.2) is 4.39 Å². The number of benzene rings is 1. The Kier molecular flexibility index (Phi) is 5.73. The lowest BCUT2D eigenvalue weighted by atomic mass is 10.0. The maximum absolute atomic E-state index is 13.3. The molecule has 1 aromatic heterocycles. The lowest BCUT2D eigenvalue weighted by Gasteiger charge is -2.21. The van der Waals surface area contributed by atoms with E-state index >= 15 is 0 Å². The molecule has 5 nitrogen and oxygen atoms in total. The molecule has 134 valence electrons. The van der Waals surface area contributed by atoms with Gasteiger partial charge >= 0.3 is 0 Å². The van der Waals surface area contributed by atoms with E-state index in [9.17, 15) is 4.39 Å². The largest absolute Gasteiger partial charge is 0.356 e. The summed E-state index contributed by atoms with van der Waals surface area (Å²) in [5.74, 6) is 1.19.